The Labute approximate surface area is 65.9 Å². The van der Waals surface area contributed by atoms with E-state index >= 15 is 0 Å². The van der Waals surface area contributed by atoms with Crippen molar-refractivity contribution in [3.63, 3.8) is 0 Å². The van der Waals surface area contributed by atoms with Crippen LogP contribution in [0.2, 0.25) is 0 Å². The topological polar surface area (TPSA) is 55.4 Å². The minimum Gasteiger partial charge on any atom is -0.469 e. The SMILES string of the molecule is COC(=O)CCCCN[C]=O. The van der Waals surface area contributed by atoms with Crippen LogP contribution in [0.25, 0.3) is 0 Å². The number of unbranched alkanes of at least 4 members (excludes halogenated alkanes) is 1. The summed E-state index contributed by atoms with van der Waals surface area (Å²) in [7, 11) is 1.36. The molecule has 0 aromatic rings. The maximum Gasteiger partial charge on any atom is 0.309 e. The van der Waals surface area contributed by atoms with Crippen LogP contribution in [-0.4, -0.2) is 26.0 Å². The quantitative estimate of drug-likeness (QED) is 0.336. The molecule has 0 saturated carbocycles. The average molecular weight is 158 g/mol. The normalized spacial score (nSPS) is 8.82. The highest BCUT2D eigenvalue weighted by Crippen LogP contribution is 1.94. The number of carbonyl (C=O) groups excluding carboxylic acids is 2. The first-order valence-electron chi connectivity index (χ1n) is 3.48. The molecule has 11 heavy (non-hydrogen) atoms. The number of nitrogens with one attached hydrogen (secondary N) is 1. The predicted octanol–water partition coefficient (Wildman–Crippen LogP) is -0.0135. The fourth-order valence-corrected chi connectivity index (χ4v) is 0.636. The molecule has 0 rings (SSSR count). The second kappa shape index (κ2) is 7.05. The highest BCUT2D eigenvalue weighted by atomic mass is 16.5. The van der Waals surface area contributed by atoms with Crippen LogP contribution in [0.3, 0.4) is 0 Å². The number of ether oxygens (including phenoxy) is 1. The number of amides is 1. The number of carbonyl (C=O) groups is 1. The Morgan fingerprint density at radius 1 is 1.55 bits per heavy atom. The maximum absolute atomic E-state index is 10.5. The number of esters is 1. The summed E-state index contributed by atoms with van der Waals surface area (Å²) in [6, 6.07) is 0. The van der Waals surface area contributed by atoms with E-state index in [0.717, 1.165) is 12.8 Å². The second-order valence-corrected chi connectivity index (χ2v) is 2.06. The first-order chi connectivity index (χ1) is 5.31. The molecule has 0 spiro atoms. The van der Waals surface area contributed by atoms with Crippen LogP contribution >= 0.6 is 0 Å². The van der Waals surface area contributed by atoms with Crippen LogP contribution in [0.5, 0.6) is 0 Å². The first-order valence-corrected chi connectivity index (χ1v) is 3.48. The lowest BCUT2D eigenvalue weighted by molar-refractivity contribution is -0.140. The zero-order chi connectivity index (χ0) is 8.53. The third kappa shape index (κ3) is 6.83. The molecule has 0 heterocycles. The number of methoxy groups -OCH3 is 1. The summed E-state index contributed by atoms with van der Waals surface area (Å²) >= 11 is 0. The fourth-order valence-electron chi connectivity index (χ4n) is 0.636. The van der Waals surface area contributed by atoms with E-state index in [1.807, 2.05) is 0 Å². The Bertz CT molecular complexity index is 125. The minimum absolute atomic E-state index is 0.208. The zero-order valence-corrected chi connectivity index (χ0v) is 6.55. The predicted molar refractivity (Wildman–Crippen MR) is 39.6 cm³/mol. The highest BCUT2D eigenvalue weighted by molar-refractivity contribution is 5.68. The number of hydrogen-bond donors (Lipinski definition) is 1. The molecule has 0 bridgehead atoms. The van der Waals surface area contributed by atoms with Crippen LogP contribution in [0, 0.1) is 0 Å². The third-order valence-electron chi connectivity index (χ3n) is 1.23. The monoisotopic (exact) mass is 158 g/mol. The molecular weight excluding hydrogens is 146 g/mol. The van der Waals surface area contributed by atoms with Gasteiger partial charge in [-0.2, -0.15) is 0 Å². The van der Waals surface area contributed by atoms with E-state index in [-0.39, 0.29) is 5.97 Å². The van der Waals surface area contributed by atoms with E-state index in [1.54, 1.807) is 6.41 Å². The highest BCUT2D eigenvalue weighted by Gasteiger charge is 1.97. The largest absolute Gasteiger partial charge is 0.469 e. The van der Waals surface area contributed by atoms with Gasteiger partial charge in [0.15, 0.2) is 0 Å². The summed E-state index contributed by atoms with van der Waals surface area (Å²) < 4.78 is 4.42. The van der Waals surface area contributed by atoms with E-state index in [1.165, 1.54) is 7.11 Å². The van der Waals surface area contributed by atoms with Crippen molar-refractivity contribution in [2.75, 3.05) is 13.7 Å². The molecule has 1 radical (unpaired) electrons. The fraction of sp³-hybridized carbons (Fsp3) is 0.714. The van der Waals surface area contributed by atoms with E-state index in [0.29, 0.717) is 13.0 Å². The van der Waals surface area contributed by atoms with Crippen molar-refractivity contribution in [2.45, 2.75) is 19.3 Å². The molecule has 0 atom stereocenters. The molecule has 1 N–H and O–H groups in total. The lowest BCUT2D eigenvalue weighted by Crippen LogP contribution is -2.12. The summed E-state index contributed by atoms with van der Waals surface area (Å²) in [6.45, 7) is 0.570. The van der Waals surface area contributed by atoms with E-state index in [2.05, 4.69) is 10.1 Å². The van der Waals surface area contributed by atoms with Crippen LogP contribution < -0.4 is 5.32 Å². The summed E-state index contributed by atoms with van der Waals surface area (Å²) in [4.78, 5) is 20.2. The molecule has 4 heteroatoms. The van der Waals surface area contributed by atoms with Gasteiger partial charge in [0, 0.05) is 13.0 Å². The Balaban J connectivity index is 3.01. The average Bonchev–Trinajstić information content (AvgIpc) is 2.04. The van der Waals surface area contributed by atoms with Crippen molar-refractivity contribution < 1.29 is 14.3 Å². The molecule has 0 aromatic carbocycles. The molecule has 4 nitrogen and oxygen atoms in total. The summed E-state index contributed by atoms with van der Waals surface area (Å²) in [5, 5.41) is 2.38. The van der Waals surface area contributed by atoms with Gasteiger partial charge < -0.3 is 10.1 Å². The molecule has 1 amide bonds. The maximum atomic E-state index is 10.5. The van der Waals surface area contributed by atoms with Gasteiger partial charge in [-0.25, -0.2) is 0 Å². The van der Waals surface area contributed by atoms with Gasteiger partial charge in [-0.05, 0) is 12.8 Å². The van der Waals surface area contributed by atoms with Gasteiger partial charge >= 0.3 is 12.4 Å². The Morgan fingerprint density at radius 2 is 2.27 bits per heavy atom. The zero-order valence-electron chi connectivity index (χ0n) is 6.55. The molecule has 0 fully saturated rings. The minimum atomic E-state index is -0.208. The van der Waals surface area contributed by atoms with Crippen LogP contribution in [0.1, 0.15) is 19.3 Å². The van der Waals surface area contributed by atoms with Crippen molar-refractivity contribution in [3.8, 4) is 0 Å². The molecule has 0 aliphatic heterocycles. The standard InChI is InChI=1S/C7H12NO3/c1-11-7(10)4-2-3-5-8-6-9/h2-5H2,1H3,(H,8,9). The van der Waals surface area contributed by atoms with Gasteiger partial charge in [-0.1, -0.05) is 0 Å². The molecule has 0 aromatic heterocycles. The Hall–Kier alpha value is -1.06. The number of rotatable bonds is 6. The van der Waals surface area contributed by atoms with Crippen molar-refractivity contribution >= 4 is 12.4 Å². The lowest BCUT2D eigenvalue weighted by Gasteiger charge is -1.97. The van der Waals surface area contributed by atoms with Crippen molar-refractivity contribution in [1.29, 1.82) is 0 Å². The van der Waals surface area contributed by atoms with Crippen molar-refractivity contribution in [1.82, 2.24) is 5.32 Å². The van der Waals surface area contributed by atoms with E-state index in [4.69, 9.17) is 0 Å². The van der Waals surface area contributed by atoms with Crippen molar-refractivity contribution in [3.05, 3.63) is 0 Å². The Morgan fingerprint density at radius 3 is 2.82 bits per heavy atom. The Kier molecular flexibility index (Phi) is 6.37. The lowest BCUT2D eigenvalue weighted by atomic mass is 10.2. The van der Waals surface area contributed by atoms with Gasteiger partial charge in [-0.3, -0.25) is 9.59 Å². The van der Waals surface area contributed by atoms with Crippen LogP contribution in [-0.2, 0) is 14.3 Å². The van der Waals surface area contributed by atoms with E-state index in [9.17, 15) is 9.59 Å². The van der Waals surface area contributed by atoms with Crippen molar-refractivity contribution in [2.24, 2.45) is 0 Å². The summed E-state index contributed by atoms with van der Waals surface area (Å²) in [6.07, 6.45) is 3.49. The first kappa shape index (κ1) is 9.94. The third-order valence-corrected chi connectivity index (χ3v) is 1.23. The van der Waals surface area contributed by atoms with Gasteiger partial charge in [-0.15, -0.1) is 0 Å². The van der Waals surface area contributed by atoms with Gasteiger partial charge in [0.25, 0.3) is 0 Å². The van der Waals surface area contributed by atoms with Gasteiger partial charge in [0.2, 0.25) is 0 Å². The van der Waals surface area contributed by atoms with Gasteiger partial charge in [0.1, 0.15) is 0 Å². The summed E-state index contributed by atoms with van der Waals surface area (Å²) in [5.41, 5.74) is 0. The van der Waals surface area contributed by atoms with Gasteiger partial charge in [0.05, 0.1) is 7.11 Å². The van der Waals surface area contributed by atoms with Crippen LogP contribution in [0.4, 0.5) is 0 Å². The molecular formula is C7H12NO3. The molecule has 63 valence electrons. The number of hydrogen-bond acceptors (Lipinski definition) is 3. The molecule has 0 aliphatic rings. The molecule has 0 unspecified atom stereocenters. The second-order valence-electron chi connectivity index (χ2n) is 2.06. The molecule has 0 saturated heterocycles. The van der Waals surface area contributed by atoms with E-state index < -0.39 is 0 Å². The molecule has 0 aliphatic carbocycles. The summed E-state index contributed by atoms with van der Waals surface area (Å²) in [5.74, 6) is -0.208. The smallest absolute Gasteiger partial charge is 0.309 e. The van der Waals surface area contributed by atoms with Crippen LogP contribution in [0.15, 0.2) is 0 Å².